The van der Waals surface area contributed by atoms with Crippen molar-refractivity contribution in [1.82, 2.24) is 9.38 Å². The first-order valence-electron chi connectivity index (χ1n) is 7.59. The Bertz CT molecular complexity index is 840. The number of ether oxygens (including phenoxy) is 1. The van der Waals surface area contributed by atoms with Crippen LogP contribution in [0.5, 0.6) is 0 Å². The summed E-state index contributed by atoms with van der Waals surface area (Å²) < 4.78 is 6.86. The minimum Gasteiger partial charge on any atom is -0.455 e. The maximum Gasteiger partial charge on any atom is 0.312 e. The molecule has 124 valence electrons. The first-order chi connectivity index (χ1) is 11.6. The standard InChI is InChI=1S/C17H17N3O3S/c1-2-12-4-3-5-13(8-12)18-15(21)11-23-16(22)9-14-10-20-6-7-24-17(20)19-14/h3-8,10H,2,9,11H2,1H3,(H,18,21). The molecule has 0 atom stereocenters. The molecule has 1 N–H and O–H groups in total. The average molecular weight is 343 g/mol. The molecule has 2 heterocycles. The Morgan fingerprint density at radius 1 is 1.38 bits per heavy atom. The molecule has 7 heteroatoms. The molecule has 0 spiro atoms. The highest BCUT2D eigenvalue weighted by Gasteiger charge is 2.12. The van der Waals surface area contributed by atoms with Crippen LogP contribution in [-0.4, -0.2) is 27.9 Å². The zero-order valence-electron chi connectivity index (χ0n) is 13.2. The summed E-state index contributed by atoms with van der Waals surface area (Å²) in [7, 11) is 0. The number of anilines is 1. The number of thiazole rings is 1. The van der Waals surface area contributed by atoms with Crippen molar-refractivity contribution in [2.24, 2.45) is 0 Å². The molecule has 0 fully saturated rings. The minimum absolute atomic E-state index is 0.0486. The van der Waals surface area contributed by atoms with Gasteiger partial charge in [0.25, 0.3) is 5.91 Å². The quantitative estimate of drug-likeness (QED) is 0.699. The highest BCUT2D eigenvalue weighted by Crippen LogP contribution is 2.12. The van der Waals surface area contributed by atoms with Gasteiger partial charge in [-0.2, -0.15) is 0 Å². The van der Waals surface area contributed by atoms with Crippen LogP contribution < -0.4 is 5.32 Å². The summed E-state index contributed by atoms with van der Waals surface area (Å²) in [6, 6.07) is 7.57. The summed E-state index contributed by atoms with van der Waals surface area (Å²) >= 11 is 1.49. The van der Waals surface area contributed by atoms with Gasteiger partial charge in [-0.25, -0.2) is 4.98 Å². The number of rotatable bonds is 6. The number of aromatic nitrogens is 2. The Morgan fingerprint density at radius 2 is 2.25 bits per heavy atom. The highest BCUT2D eigenvalue weighted by atomic mass is 32.1. The smallest absolute Gasteiger partial charge is 0.312 e. The van der Waals surface area contributed by atoms with Crippen LogP contribution >= 0.6 is 11.3 Å². The molecule has 0 unspecified atom stereocenters. The fraction of sp³-hybridized carbons (Fsp3) is 0.235. The maximum absolute atomic E-state index is 11.9. The number of esters is 1. The van der Waals surface area contributed by atoms with Gasteiger partial charge in [0.2, 0.25) is 0 Å². The predicted octanol–water partition coefficient (Wildman–Crippen LogP) is 2.68. The van der Waals surface area contributed by atoms with Gasteiger partial charge in [-0.15, -0.1) is 11.3 Å². The van der Waals surface area contributed by atoms with Gasteiger partial charge in [0.15, 0.2) is 11.6 Å². The molecule has 0 aliphatic carbocycles. The average Bonchev–Trinajstić information content (AvgIpc) is 3.14. The molecule has 1 amide bonds. The minimum atomic E-state index is -0.474. The molecule has 0 aliphatic rings. The molecule has 6 nitrogen and oxygen atoms in total. The first kappa shape index (κ1) is 16.2. The number of hydrogen-bond acceptors (Lipinski definition) is 5. The van der Waals surface area contributed by atoms with E-state index < -0.39 is 5.97 Å². The maximum atomic E-state index is 11.9. The molecule has 24 heavy (non-hydrogen) atoms. The Hall–Kier alpha value is -2.67. The van der Waals surface area contributed by atoms with E-state index in [1.165, 1.54) is 11.3 Å². The van der Waals surface area contributed by atoms with Crippen molar-refractivity contribution >= 4 is 33.9 Å². The van der Waals surface area contributed by atoms with Gasteiger partial charge in [0.1, 0.15) is 0 Å². The highest BCUT2D eigenvalue weighted by molar-refractivity contribution is 7.15. The van der Waals surface area contributed by atoms with Crippen LogP contribution in [0.1, 0.15) is 18.2 Å². The largest absolute Gasteiger partial charge is 0.455 e. The van der Waals surface area contributed by atoms with Crippen LogP contribution in [0.2, 0.25) is 0 Å². The number of amides is 1. The van der Waals surface area contributed by atoms with Crippen molar-refractivity contribution in [3.8, 4) is 0 Å². The topological polar surface area (TPSA) is 72.7 Å². The van der Waals surface area contributed by atoms with E-state index in [0.29, 0.717) is 11.4 Å². The van der Waals surface area contributed by atoms with Gasteiger partial charge < -0.3 is 10.1 Å². The zero-order chi connectivity index (χ0) is 16.9. The van der Waals surface area contributed by atoms with E-state index in [4.69, 9.17) is 4.74 Å². The number of hydrogen-bond donors (Lipinski definition) is 1. The summed E-state index contributed by atoms with van der Waals surface area (Å²) in [4.78, 5) is 28.8. The summed E-state index contributed by atoms with van der Waals surface area (Å²) in [6.45, 7) is 1.74. The van der Waals surface area contributed by atoms with Crippen LogP contribution in [0, 0.1) is 0 Å². The Morgan fingerprint density at radius 3 is 3.04 bits per heavy atom. The van der Waals surface area contributed by atoms with Crippen molar-refractivity contribution in [2.75, 3.05) is 11.9 Å². The molecule has 2 aromatic heterocycles. The number of imidazole rings is 1. The third kappa shape index (κ3) is 3.99. The van der Waals surface area contributed by atoms with Crippen molar-refractivity contribution in [3.05, 3.63) is 53.3 Å². The van der Waals surface area contributed by atoms with E-state index >= 15 is 0 Å². The molecule has 0 saturated heterocycles. The fourth-order valence-corrected chi connectivity index (χ4v) is 2.99. The number of fused-ring (bicyclic) bond motifs is 1. The normalized spacial score (nSPS) is 10.7. The summed E-state index contributed by atoms with van der Waals surface area (Å²) in [5, 5.41) is 4.64. The van der Waals surface area contributed by atoms with E-state index in [1.807, 2.05) is 41.1 Å². The molecule has 0 saturated carbocycles. The zero-order valence-corrected chi connectivity index (χ0v) is 14.0. The summed E-state index contributed by atoms with van der Waals surface area (Å²) in [5.41, 5.74) is 2.46. The van der Waals surface area contributed by atoms with Crippen molar-refractivity contribution in [1.29, 1.82) is 0 Å². The van der Waals surface area contributed by atoms with Crippen LogP contribution in [0.3, 0.4) is 0 Å². The number of carbonyl (C=O) groups excluding carboxylic acids is 2. The SMILES string of the molecule is CCc1cccc(NC(=O)COC(=O)Cc2cn3ccsc3n2)c1. The molecular formula is C17H17N3O3S. The Balaban J connectivity index is 1.48. The third-order valence-electron chi connectivity index (χ3n) is 3.45. The van der Waals surface area contributed by atoms with Crippen LogP contribution in [0.15, 0.2) is 42.0 Å². The fourth-order valence-electron chi connectivity index (χ4n) is 2.27. The molecule has 1 aromatic carbocycles. The molecule has 3 rings (SSSR count). The van der Waals surface area contributed by atoms with Gasteiger partial charge >= 0.3 is 5.97 Å². The van der Waals surface area contributed by atoms with Crippen molar-refractivity contribution < 1.29 is 14.3 Å². The van der Waals surface area contributed by atoms with E-state index in [1.54, 1.807) is 12.3 Å². The van der Waals surface area contributed by atoms with Crippen molar-refractivity contribution in [3.63, 3.8) is 0 Å². The number of carbonyl (C=O) groups is 2. The second-order valence-electron chi connectivity index (χ2n) is 5.26. The lowest BCUT2D eigenvalue weighted by atomic mass is 10.1. The number of nitrogens with zero attached hydrogens (tertiary/aromatic N) is 2. The molecule has 3 aromatic rings. The number of aryl methyl sites for hydroxylation is 1. The lowest BCUT2D eigenvalue weighted by Gasteiger charge is -2.07. The monoisotopic (exact) mass is 343 g/mol. The van der Waals surface area contributed by atoms with Gasteiger partial charge in [0.05, 0.1) is 12.1 Å². The first-order valence-corrected chi connectivity index (χ1v) is 8.47. The van der Waals surface area contributed by atoms with Crippen molar-refractivity contribution in [2.45, 2.75) is 19.8 Å². The predicted molar refractivity (Wildman–Crippen MR) is 92.2 cm³/mol. The van der Waals surface area contributed by atoms with Gasteiger partial charge in [-0.05, 0) is 24.1 Å². The van der Waals surface area contributed by atoms with Crippen LogP contribution in [0.25, 0.3) is 4.96 Å². The Labute approximate surface area is 143 Å². The number of nitrogens with one attached hydrogen (secondary N) is 1. The summed E-state index contributed by atoms with van der Waals surface area (Å²) in [6.07, 6.45) is 4.59. The van der Waals surface area contributed by atoms with Gasteiger partial charge in [-0.3, -0.25) is 14.0 Å². The van der Waals surface area contributed by atoms with E-state index in [2.05, 4.69) is 10.3 Å². The lowest BCUT2D eigenvalue weighted by Crippen LogP contribution is -2.21. The second-order valence-corrected chi connectivity index (χ2v) is 6.14. The number of benzene rings is 1. The lowest BCUT2D eigenvalue weighted by molar-refractivity contribution is -0.146. The van der Waals surface area contributed by atoms with Gasteiger partial charge in [-0.1, -0.05) is 19.1 Å². The second kappa shape index (κ2) is 7.27. The molecule has 0 radical (unpaired) electrons. The van der Waals surface area contributed by atoms with Crippen LogP contribution in [-0.2, 0) is 27.2 Å². The molecule has 0 aliphatic heterocycles. The summed E-state index contributed by atoms with van der Waals surface area (Å²) in [5.74, 6) is -0.833. The van der Waals surface area contributed by atoms with E-state index in [-0.39, 0.29) is 18.9 Å². The van der Waals surface area contributed by atoms with E-state index in [0.717, 1.165) is 16.9 Å². The Kier molecular flexibility index (Phi) is 4.90. The third-order valence-corrected chi connectivity index (χ3v) is 4.22. The molecule has 0 bridgehead atoms. The van der Waals surface area contributed by atoms with Gasteiger partial charge in [0, 0.05) is 23.5 Å². The van der Waals surface area contributed by atoms with E-state index in [9.17, 15) is 9.59 Å². The van der Waals surface area contributed by atoms with Crippen LogP contribution in [0.4, 0.5) is 5.69 Å². The molecular weight excluding hydrogens is 326 g/mol.